The highest BCUT2D eigenvalue weighted by Gasteiger charge is 2.39. The first-order chi connectivity index (χ1) is 13.6. The van der Waals surface area contributed by atoms with E-state index in [0.717, 1.165) is 47.6 Å². The Hall–Kier alpha value is -0.0200. The van der Waals surface area contributed by atoms with Crippen LogP contribution in [-0.2, 0) is 4.79 Å². The SMILES string of the molecule is CC1CCC(N(C2CCC(C)CC2)C2CCC(C3CCC(C=O)S3)CC2)CC1. The molecule has 4 aliphatic rings. The number of rotatable bonds is 5. The summed E-state index contributed by atoms with van der Waals surface area (Å²) in [6.07, 6.45) is 20.9. The second-order valence-corrected chi connectivity index (χ2v) is 12.3. The maximum atomic E-state index is 11.1. The lowest BCUT2D eigenvalue weighted by atomic mass is 9.77. The lowest BCUT2D eigenvalue weighted by Crippen LogP contribution is -2.52. The molecule has 1 saturated heterocycles. The molecule has 3 aliphatic carbocycles. The molecule has 0 aromatic heterocycles. The molecule has 4 fully saturated rings. The summed E-state index contributed by atoms with van der Waals surface area (Å²) in [5, 5.41) is 1.07. The summed E-state index contributed by atoms with van der Waals surface area (Å²) in [7, 11) is 0. The normalized spacial score (nSPS) is 45.2. The molecule has 1 heterocycles. The van der Waals surface area contributed by atoms with E-state index in [1.807, 2.05) is 11.8 Å². The van der Waals surface area contributed by atoms with Gasteiger partial charge in [0.25, 0.3) is 0 Å². The van der Waals surface area contributed by atoms with E-state index in [1.165, 1.54) is 89.8 Å². The summed E-state index contributed by atoms with van der Waals surface area (Å²) in [6, 6.07) is 2.59. The number of hydrogen-bond donors (Lipinski definition) is 0. The predicted octanol–water partition coefficient (Wildman–Crippen LogP) is 6.47. The quantitative estimate of drug-likeness (QED) is 0.489. The molecule has 0 N–H and O–H groups in total. The summed E-state index contributed by atoms with van der Waals surface area (Å²) < 4.78 is 0. The lowest BCUT2D eigenvalue weighted by Gasteiger charge is -2.49. The van der Waals surface area contributed by atoms with E-state index in [4.69, 9.17) is 0 Å². The maximum Gasteiger partial charge on any atom is 0.132 e. The zero-order valence-corrected chi connectivity index (χ0v) is 19.2. The molecule has 0 spiro atoms. The third kappa shape index (κ3) is 4.99. The van der Waals surface area contributed by atoms with Crippen LogP contribution in [0.2, 0.25) is 0 Å². The van der Waals surface area contributed by atoms with Gasteiger partial charge in [0.15, 0.2) is 0 Å². The molecule has 2 unspecified atom stereocenters. The molecular weight excluding hydrogens is 362 g/mol. The van der Waals surface area contributed by atoms with Gasteiger partial charge in [0.1, 0.15) is 6.29 Å². The van der Waals surface area contributed by atoms with Gasteiger partial charge in [0.2, 0.25) is 0 Å². The van der Waals surface area contributed by atoms with Gasteiger partial charge in [-0.25, -0.2) is 0 Å². The predicted molar refractivity (Wildman–Crippen MR) is 121 cm³/mol. The van der Waals surface area contributed by atoms with E-state index in [1.54, 1.807) is 0 Å². The maximum absolute atomic E-state index is 11.1. The van der Waals surface area contributed by atoms with E-state index in [-0.39, 0.29) is 0 Å². The van der Waals surface area contributed by atoms with Gasteiger partial charge in [-0.15, -0.1) is 11.8 Å². The van der Waals surface area contributed by atoms with E-state index in [9.17, 15) is 4.79 Å². The monoisotopic (exact) mass is 405 g/mol. The van der Waals surface area contributed by atoms with Crippen LogP contribution < -0.4 is 0 Å². The van der Waals surface area contributed by atoms with Gasteiger partial charge in [-0.2, -0.15) is 0 Å². The Labute approximate surface area is 178 Å². The van der Waals surface area contributed by atoms with Gasteiger partial charge in [0, 0.05) is 23.4 Å². The fourth-order valence-corrected chi connectivity index (χ4v) is 8.44. The Morgan fingerprint density at radius 3 is 1.54 bits per heavy atom. The van der Waals surface area contributed by atoms with Gasteiger partial charge < -0.3 is 4.79 Å². The van der Waals surface area contributed by atoms with E-state index >= 15 is 0 Å². The zero-order valence-electron chi connectivity index (χ0n) is 18.4. The van der Waals surface area contributed by atoms with Gasteiger partial charge >= 0.3 is 0 Å². The average Bonchev–Trinajstić information content (AvgIpc) is 3.21. The summed E-state index contributed by atoms with van der Waals surface area (Å²) in [5.41, 5.74) is 0. The molecule has 3 saturated carbocycles. The zero-order chi connectivity index (χ0) is 19.5. The number of hydrogen-bond acceptors (Lipinski definition) is 3. The minimum absolute atomic E-state index is 0.299. The van der Waals surface area contributed by atoms with E-state index in [0.29, 0.717) is 5.25 Å². The topological polar surface area (TPSA) is 20.3 Å². The number of thioether (sulfide) groups is 1. The van der Waals surface area contributed by atoms with Crippen molar-refractivity contribution < 1.29 is 4.79 Å². The molecule has 2 atom stereocenters. The van der Waals surface area contributed by atoms with Gasteiger partial charge in [0.05, 0.1) is 5.25 Å². The summed E-state index contributed by atoms with van der Waals surface area (Å²) in [6.45, 7) is 4.92. The molecule has 2 nitrogen and oxygen atoms in total. The van der Waals surface area contributed by atoms with Crippen molar-refractivity contribution in [3.63, 3.8) is 0 Å². The molecule has 0 amide bonds. The van der Waals surface area contributed by atoms with Crippen LogP contribution in [0.3, 0.4) is 0 Å². The van der Waals surface area contributed by atoms with Crippen LogP contribution in [0, 0.1) is 17.8 Å². The Morgan fingerprint density at radius 1 is 0.643 bits per heavy atom. The molecule has 0 bridgehead atoms. The highest BCUT2D eigenvalue weighted by Crippen LogP contribution is 2.45. The molecule has 0 aromatic rings. The van der Waals surface area contributed by atoms with E-state index in [2.05, 4.69) is 18.7 Å². The van der Waals surface area contributed by atoms with Crippen molar-refractivity contribution in [3.8, 4) is 0 Å². The van der Waals surface area contributed by atoms with Crippen molar-refractivity contribution in [3.05, 3.63) is 0 Å². The lowest BCUT2D eigenvalue weighted by molar-refractivity contribution is -0.107. The van der Waals surface area contributed by atoms with Crippen molar-refractivity contribution in [2.24, 2.45) is 17.8 Å². The van der Waals surface area contributed by atoms with Crippen LogP contribution in [0.5, 0.6) is 0 Å². The van der Waals surface area contributed by atoms with Crippen molar-refractivity contribution >= 4 is 18.0 Å². The second kappa shape index (κ2) is 9.86. The first-order valence-corrected chi connectivity index (χ1v) is 13.5. The molecule has 3 heteroatoms. The van der Waals surface area contributed by atoms with Crippen molar-refractivity contribution in [1.29, 1.82) is 0 Å². The Bertz CT molecular complexity index is 465. The highest BCUT2D eigenvalue weighted by molar-refractivity contribution is 8.01. The van der Waals surface area contributed by atoms with E-state index < -0.39 is 0 Å². The van der Waals surface area contributed by atoms with Crippen LogP contribution in [0.25, 0.3) is 0 Å². The van der Waals surface area contributed by atoms with Crippen molar-refractivity contribution in [2.45, 2.75) is 132 Å². The van der Waals surface area contributed by atoms with Crippen LogP contribution in [0.15, 0.2) is 0 Å². The molecule has 160 valence electrons. The molecule has 0 aromatic carbocycles. The standard InChI is InChI=1S/C25H43NOS/c1-18-3-9-21(10-4-18)26(22-11-5-19(2)6-12-22)23-13-7-20(8-14-23)25-16-15-24(17-27)28-25/h17-25H,3-16H2,1-2H3. The van der Waals surface area contributed by atoms with Crippen molar-refractivity contribution in [1.82, 2.24) is 4.90 Å². The van der Waals surface area contributed by atoms with Gasteiger partial charge in [-0.1, -0.05) is 13.8 Å². The molecule has 4 rings (SSSR count). The number of nitrogens with zero attached hydrogens (tertiary/aromatic N) is 1. The fraction of sp³-hybridized carbons (Fsp3) is 0.960. The molecule has 28 heavy (non-hydrogen) atoms. The molecule has 1 aliphatic heterocycles. The van der Waals surface area contributed by atoms with Gasteiger partial charge in [-0.3, -0.25) is 4.90 Å². The number of carbonyl (C=O) groups excluding carboxylic acids is 1. The largest absolute Gasteiger partial charge is 0.302 e. The minimum Gasteiger partial charge on any atom is -0.302 e. The first kappa shape index (κ1) is 21.2. The third-order valence-corrected chi connectivity index (χ3v) is 10.4. The third-order valence-electron chi connectivity index (χ3n) is 8.74. The highest BCUT2D eigenvalue weighted by atomic mass is 32.2. The fourth-order valence-electron chi connectivity index (χ4n) is 6.88. The van der Waals surface area contributed by atoms with Crippen LogP contribution in [-0.4, -0.2) is 39.8 Å². The number of aldehydes is 1. The Kier molecular flexibility index (Phi) is 7.47. The summed E-state index contributed by atoms with van der Waals surface area (Å²) >= 11 is 2.00. The summed E-state index contributed by atoms with van der Waals surface area (Å²) in [5.74, 6) is 2.78. The molecular formula is C25H43NOS. The van der Waals surface area contributed by atoms with Crippen molar-refractivity contribution in [2.75, 3.05) is 0 Å². The first-order valence-electron chi connectivity index (χ1n) is 12.5. The Balaban J connectivity index is 1.37. The van der Waals surface area contributed by atoms with Crippen LogP contribution in [0.4, 0.5) is 0 Å². The van der Waals surface area contributed by atoms with Crippen LogP contribution >= 0.6 is 11.8 Å². The molecule has 0 radical (unpaired) electrons. The second-order valence-electron chi connectivity index (χ2n) is 10.8. The minimum atomic E-state index is 0.299. The average molecular weight is 406 g/mol. The Morgan fingerprint density at radius 2 is 1.11 bits per heavy atom. The number of carbonyl (C=O) groups is 1. The van der Waals surface area contributed by atoms with Crippen LogP contribution in [0.1, 0.15) is 104 Å². The summed E-state index contributed by atoms with van der Waals surface area (Å²) in [4.78, 5) is 14.2. The smallest absolute Gasteiger partial charge is 0.132 e. The van der Waals surface area contributed by atoms with Gasteiger partial charge in [-0.05, 0) is 108 Å².